The minimum Gasteiger partial charge on any atom is -0.504 e. The number of rotatable bonds is 7. The van der Waals surface area contributed by atoms with E-state index in [1.807, 2.05) is 0 Å². The van der Waals surface area contributed by atoms with Crippen molar-refractivity contribution in [2.24, 2.45) is 5.92 Å². The number of hydrogen-bond acceptors (Lipinski definition) is 10. The topological polar surface area (TPSA) is 191 Å². The third kappa shape index (κ3) is 6.58. The molecule has 196 valence electrons. The molecule has 1 fully saturated rings. The van der Waals surface area contributed by atoms with Crippen molar-refractivity contribution >= 4 is 30.1 Å². The van der Waals surface area contributed by atoms with Crippen LogP contribution in [0.25, 0.3) is 12.2 Å². The lowest BCUT2D eigenvalue weighted by atomic mass is 9.75. The van der Waals surface area contributed by atoms with Crippen LogP contribution in [0, 0.1) is 5.92 Å². The van der Waals surface area contributed by atoms with Crippen LogP contribution in [0.2, 0.25) is 0 Å². The van der Waals surface area contributed by atoms with Gasteiger partial charge in [-0.2, -0.15) is 0 Å². The number of aromatic hydroxyl groups is 4. The Morgan fingerprint density at radius 1 is 0.838 bits per heavy atom. The quantitative estimate of drug-likeness (QED) is 0.180. The number of esters is 2. The van der Waals surface area contributed by atoms with E-state index >= 15 is 0 Å². The molecule has 0 aromatic heterocycles. The molecule has 37 heavy (non-hydrogen) atoms. The third-order valence-corrected chi connectivity index (χ3v) is 5.89. The number of phenols is 4. The molecular formula is C26H26O11. The summed E-state index contributed by atoms with van der Waals surface area (Å²) in [6, 6.07) is 7.73. The van der Waals surface area contributed by atoms with E-state index in [0.29, 0.717) is 11.1 Å². The molecule has 1 aliphatic rings. The van der Waals surface area contributed by atoms with Gasteiger partial charge in [0.25, 0.3) is 0 Å². The van der Waals surface area contributed by atoms with Gasteiger partial charge >= 0.3 is 17.9 Å². The molecule has 0 bridgehead atoms. The lowest BCUT2D eigenvalue weighted by molar-refractivity contribution is -0.199. The zero-order valence-corrected chi connectivity index (χ0v) is 19.6. The van der Waals surface area contributed by atoms with Crippen LogP contribution in [0.4, 0.5) is 0 Å². The summed E-state index contributed by atoms with van der Waals surface area (Å²) >= 11 is 0. The second kappa shape index (κ2) is 11.0. The van der Waals surface area contributed by atoms with E-state index in [2.05, 4.69) is 0 Å². The Bertz CT molecular complexity index is 1240. The van der Waals surface area contributed by atoms with Crippen molar-refractivity contribution in [2.75, 3.05) is 0 Å². The molecule has 1 saturated carbocycles. The molecule has 4 atom stereocenters. The summed E-state index contributed by atoms with van der Waals surface area (Å²) in [5.41, 5.74) is -1.33. The van der Waals surface area contributed by atoms with Crippen LogP contribution in [0.15, 0.2) is 48.6 Å². The highest BCUT2D eigenvalue weighted by atomic mass is 16.6. The van der Waals surface area contributed by atoms with Gasteiger partial charge in [-0.3, -0.25) is 0 Å². The van der Waals surface area contributed by atoms with Gasteiger partial charge in [-0.15, -0.1) is 0 Å². The minimum atomic E-state index is -2.07. The SMILES string of the molecule is C[C@@H]1C[C@](OC(=O)/C=C/c2ccc(O)c(O)c2)(C(=O)O)C[C@@H](O)[C@H]1OC(=O)/C=C/c1ccc(O)c(O)c1. The number of aliphatic hydroxyl groups excluding tert-OH is 1. The average Bonchev–Trinajstić information content (AvgIpc) is 2.83. The zero-order valence-electron chi connectivity index (χ0n) is 19.6. The van der Waals surface area contributed by atoms with Crippen LogP contribution >= 0.6 is 0 Å². The molecule has 1 aliphatic carbocycles. The summed E-state index contributed by atoms with van der Waals surface area (Å²) in [5.74, 6) is -5.47. The zero-order chi connectivity index (χ0) is 27.3. The highest BCUT2D eigenvalue weighted by Gasteiger charge is 2.53. The van der Waals surface area contributed by atoms with E-state index in [0.717, 1.165) is 12.2 Å². The number of aliphatic carboxylic acids is 1. The van der Waals surface area contributed by atoms with Gasteiger partial charge in [0.05, 0.1) is 6.10 Å². The van der Waals surface area contributed by atoms with Crippen molar-refractivity contribution in [1.82, 2.24) is 0 Å². The Kier molecular flexibility index (Phi) is 8.08. The summed E-state index contributed by atoms with van der Waals surface area (Å²) in [4.78, 5) is 36.7. The molecule has 0 heterocycles. The molecule has 2 aromatic rings. The number of hydrogen-bond donors (Lipinski definition) is 6. The predicted molar refractivity (Wildman–Crippen MR) is 128 cm³/mol. The third-order valence-electron chi connectivity index (χ3n) is 5.89. The second-order valence-electron chi connectivity index (χ2n) is 8.74. The number of ether oxygens (including phenoxy) is 2. The van der Waals surface area contributed by atoms with Crippen LogP contribution in [-0.4, -0.2) is 66.4 Å². The first-order valence-electron chi connectivity index (χ1n) is 11.2. The van der Waals surface area contributed by atoms with E-state index in [-0.39, 0.29) is 23.7 Å². The first-order valence-corrected chi connectivity index (χ1v) is 11.2. The molecule has 2 aromatic carbocycles. The van der Waals surface area contributed by atoms with Gasteiger partial charge < -0.3 is 40.1 Å². The van der Waals surface area contributed by atoms with Gasteiger partial charge in [0.2, 0.25) is 5.60 Å². The standard InChI is InChI=1S/C26H26O11/c1-14-12-26(25(34)35,37-23(33)9-5-16-3-7-18(28)20(30)11-16)13-21(31)24(14)36-22(32)8-4-15-2-6-17(27)19(29)10-15/h2-11,14,21,24,27-31H,12-13H2,1H3,(H,34,35)/b8-4+,9-5+/t14-,21-,24+,26-/m1/s1. The Morgan fingerprint density at radius 2 is 1.35 bits per heavy atom. The Hall–Kier alpha value is -4.51. The minimum absolute atomic E-state index is 0.244. The van der Waals surface area contributed by atoms with Crippen molar-refractivity contribution in [3.05, 3.63) is 59.7 Å². The summed E-state index contributed by atoms with van der Waals surface area (Å²) in [7, 11) is 0. The fourth-order valence-electron chi connectivity index (χ4n) is 4.07. The van der Waals surface area contributed by atoms with E-state index in [9.17, 15) is 45.0 Å². The number of carbonyl (C=O) groups excluding carboxylic acids is 2. The highest BCUT2D eigenvalue weighted by Crippen LogP contribution is 2.38. The molecule has 0 amide bonds. The van der Waals surface area contributed by atoms with Crippen LogP contribution in [0.1, 0.15) is 30.9 Å². The number of aliphatic hydroxyl groups is 1. The molecular weight excluding hydrogens is 488 g/mol. The van der Waals surface area contributed by atoms with E-state index in [1.54, 1.807) is 6.92 Å². The maximum absolute atomic E-state index is 12.4. The van der Waals surface area contributed by atoms with E-state index in [4.69, 9.17) is 9.47 Å². The predicted octanol–water partition coefficient (Wildman–Crippen LogP) is 2.30. The van der Waals surface area contributed by atoms with E-state index in [1.165, 1.54) is 48.6 Å². The van der Waals surface area contributed by atoms with E-state index < -0.39 is 53.8 Å². The molecule has 0 spiro atoms. The maximum atomic E-state index is 12.4. The van der Waals surface area contributed by atoms with Crippen molar-refractivity contribution in [2.45, 2.75) is 37.6 Å². The van der Waals surface area contributed by atoms with Crippen molar-refractivity contribution in [1.29, 1.82) is 0 Å². The number of benzene rings is 2. The van der Waals surface area contributed by atoms with Gasteiger partial charge in [0.1, 0.15) is 6.10 Å². The van der Waals surface area contributed by atoms with Crippen molar-refractivity contribution < 1.29 is 54.5 Å². The number of phenolic OH excluding ortho intramolecular Hbond substituents is 4. The van der Waals surface area contributed by atoms with Crippen molar-refractivity contribution in [3.63, 3.8) is 0 Å². The molecule has 0 aliphatic heterocycles. The maximum Gasteiger partial charge on any atom is 0.348 e. The lowest BCUT2D eigenvalue weighted by Crippen LogP contribution is -2.56. The Balaban J connectivity index is 1.66. The summed E-state index contributed by atoms with van der Waals surface area (Å²) in [6.45, 7) is 1.54. The van der Waals surface area contributed by atoms with Gasteiger partial charge in [0.15, 0.2) is 23.0 Å². The summed E-state index contributed by atoms with van der Waals surface area (Å²) in [5, 5.41) is 58.2. The first kappa shape index (κ1) is 27.1. The molecule has 6 N–H and O–H groups in total. The molecule has 11 nitrogen and oxygen atoms in total. The molecule has 0 radical (unpaired) electrons. The van der Waals surface area contributed by atoms with Crippen LogP contribution < -0.4 is 0 Å². The Labute approximate surface area is 211 Å². The number of carboxylic acids is 1. The van der Waals surface area contributed by atoms with Crippen LogP contribution in [0.3, 0.4) is 0 Å². The molecule has 0 unspecified atom stereocenters. The van der Waals surface area contributed by atoms with Gasteiger partial charge in [-0.05, 0) is 47.5 Å². The van der Waals surface area contributed by atoms with Crippen LogP contribution in [-0.2, 0) is 23.9 Å². The lowest BCUT2D eigenvalue weighted by Gasteiger charge is -2.42. The van der Waals surface area contributed by atoms with Crippen LogP contribution in [0.5, 0.6) is 23.0 Å². The fourth-order valence-corrected chi connectivity index (χ4v) is 4.07. The van der Waals surface area contributed by atoms with Crippen molar-refractivity contribution in [3.8, 4) is 23.0 Å². The fraction of sp³-hybridized carbons (Fsp3) is 0.269. The molecule has 0 saturated heterocycles. The first-order chi connectivity index (χ1) is 17.4. The monoisotopic (exact) mass is 514 g/mol. The van der Waals surface area contributed by atoms with Gasteiger partial charge in [0, 0.05) is 30.9 Å². The molecule has 11 heteroatoms. The highest BCUT2D eigenvalue weighted by molar-refractivity contribution is 5.91. The van der Waals surface area contributed by atoms with Gasteiger partial charge in [-0.1, -0.05) is 19.1 Å². The number of carbonyl (C=O) groups is 3. The van der Waals surface area contributed by atoms with Gasteiger partial charge in [-0.25, -0.2) is 14.4 Å². The normalized spacial score (nSPS) is 23.7. The smallest absolute Gasteiger partial charge is 0.348 e. The Morgan fingerprint density at radius 3 is 1.81 bits per heavy atom. The largest absolute Gasteiger partial charge is 0.504 e. The molecule has 3 rings (SSSR count). The average molecular weight is 514 g/mol. The summed E-state index contributed by atoms with van der Waals surface area (Å²) in [6.07, 6.45) is 1.27. The number of carboxylic acid groups (broad SMARTS) is 1. The summed E-state index contributed by atoms with van der Waals surface area (Å²) < 4.78 is 10.6. The second-order valence-corrected chi connectivity index (χ2v) is 8.74.